The topological polar surface area (TPSA) is 96.0 Å². The van der Waals surface area contributed by atoms with E-state index in [0.29, 0.717) is 29.9 Å². The molecule has 186 valence electrons. The van der Waals surface area contributed by atoms with Crippen molar-refractivity contribution in [2.24, 2.45) is 0 Å². The van der Waals surface area contributed by atoms with Gasteiger partial charge in [-0.05, 0) is 37.2 Å². The number of carbonyl (C=O) groups is 2. The number of rotatable bonds is 6. The van der Waals surface area contributed by atoms with Gasteiger partial charge in [0.1, 0.15) is 11.5 Å². The molecule has 0 spiro atoms. The van der Waals surface area contributed by atoms with Gasteiger partial charge in [-0.2, -0.15) is 13.2 Å². The van der Waals surface area contributed by atoms with Crippen LogP contribution in [0.5, 0.6) is 0 Å². The van der Waals surface area contributed by atoms with Gasteiger partial charge in [-0.15, -0.1) is 11.3 Å². The van der Waals surface area contributed by atoms with Gasteiger partial charge in [0.25, 0.3) is 0 Å². The third-order valence-electron chi connectivity index (χ3n) is 5.12. The summed E-state index contributed by atoms with van der Waals surface area (Å²) in [5.41, 5.74) is -0.670. The molecule has 0 unspecified atom stereocenters. The van der Waals surface area contributed by atoms with Crippen LogP contribution >= 0.6 is 22.9 Å². The highest BCUT2D eigenvalue weighted by Crippen LogP contribution is 2.39. The highest BCUT2D eigenvalue weighted by atomic mass is 35.5. The Balaban J connectivity index is 1.93. The minimum Gasteiger partial charge on any atom is -0.465 e. The van der Waals surface area contributed by atoms with Gasteiger partial charge < -0.3 is 15.0 Å². The number of methoxy groups -OCH3 is 1. The SMILES string of the molecule is COC(=O)c1c(NC(=O)CN(c2ccc(Cl)c(C(F)(F)F)c2)S(C)(=O)=O)sc2c1CCN(C)C2. The third-order valence-corrected chi connectivity index (χ3v) is 7.72. The number of hydrogen-bond acceptors (Lipinski definition) is 7. The number of anilines is 2. The largest absolute Gasteiger partial charge is 0.465 e. The summed E-state index contributed by atoms with van der Waals surface area (Å²) in [4.78, 5) is 28.1. The summed E-state index contributed by atoms with van der Waals surface area (Å²) in [5, 5.41) is 2.12. The first kappa shape index (κ1) is 26.3. The lowest BCUT2D eigenvalue weighted by atomic mass is 10.0. The number of thiophene rings is 1. The zero-order valence-electron chi connectivity index (χ0n) is 18.3. The van der Waals surface area contributed by atoms with E-state index in [1.54, 1.807) is 0 Å². The van der Waals surface area contributed by atoms with E-state index in [2.05, 4.69) is 5.32 Å². The molecule has 1 aromatic heterocycles. The van der Waals surface area contributed by atoms with Gasteiger partial charge in [0.2, 0.25) is 15.9 Å². The van der Waals surface area contributed by atoms with E-state index in [-0.39, 0.29) is 16.3 Å². The van der Waals surface area contributed by atoms with E-state index in [9.17, 15) is 31.2 Å². The van der Waals surface area contributed by atoms with Crippen LogP contribution in [0.15, 0.2) is 18.2 Å². The van der Waals surface area contributed by atoms with E-state index in [1.807, 2.05) is 11.9 Å². The molecule has 0 radical (unpaired) electrons. The molecule has 1 amide bonds. The third kappa shape index (κ3) is 5.65. The molecule has 3 rings (SSSR count). The number of nitrogens with zero attached hydrogens (tertiary/aromatic N) is 2. The van der Waals surface area contributed by atoms with E-state index < -0.39 is 45.2 Å². The lowest BCUT2D eigenvalue weighted by Crippen LogP contribution is -2.37. The van der Waals surface area contributed by atoms with Crippen LogP contribution in [0.2, 0.25) is 5.02 Å². The summed E-state index contributed by atoms with van der Waals surface area (Å²) in [7, 11) is -1.04. The zero-order chi connectivity index (χ0) is 25.4. The normalized spacial score (nSPS) is 14.4. The van der Waals surface area contributed by atoms with Crippen molar-refractivity contribution in [2.75, 3.05) is 43.1 Å². The summed E-state index contributed by atoms with van der Waals surface area (Å²) >= 11 is 6.79. The smallest absolute Gasteiger partial charge is 0.417 e. The average molecular weight is 540 g/mol. The van der Waals surface area contributed by atoms with Crippen LogP contribution in [0.1, 0.15) is 26.4 Å². The highest BCUT2D eigenvalue weighted by molar-refractivity contribution is 7.92. The molecule has 8 nitrogen and oxygen atoms in total. The van der Waals surface area contributed by atoms with Crippen molar-refractivity contribution in [3.8, 4) is 0 Å². The second-order valence-corrected chi connectivity index (χ2v) is 11.1. The Morgan fingerprint density at radius 3 is 2.59 bits per heavy atom. The maximum Gasteiger partial charge on any atom is 0.417 e. The minimum absolute atomic E-state index is 0.192. The van der Waals surface area contributed by atoms with E-state index in [0.717, 1.165) is 28.8 Å². The molecule has 14 heteroatoms. The van der Waals surface area contributed by atoms with Crippen molar-refractivity contribution in [3.05, 3.63) is 44.8 Å². The summed E-state index contributed by atoms with van der Waals surface area (Å²) in [6, 6.07) is 2.55. The van der Waals surface area contributed by atoms with Crippen LogP contribution < -0.4 is 9.62 Å². The second-order valence-electron chi connectivity index (χ2n) is 7.67. The molecule has 0 atom stereocenters. The molecule has 0 saturated heterocycles. The minimum atomic E-state index is -4.82. The summed E-state index contributed by atoms with van der Waals surface area (Å²) in [6.07, 6.45) is -3.50. The number of halogens is 4. The van der Waals surface area contributed by atoms with Gasteiger partial charge in [0.05, 0.1) is 35.2 Å². The number of likely N-dealkylation sites (N-methyl/N-ethyl adjacent to an activating group) is 1. The van der Waals surface area contributed by atoms with Crippen LogP contribution in [0.4, 0.5) is 23.9 Å². The molecule has 1 N–H and O–H groups in total. The fourth-order valence-corrected chi connectivity index (χ4v) is 5.92. The molecule has 1 aliphatic heterocycles. The predicted octanol–water partition coefficient (Wildman–Crippen LogP) is 3.60. The number of sulfonamides is 1. The Kier molecular flexibility index (Phi) is 7.51. The van der Waals surface area contributed by atoms with E-state index in [1.165, 1.54) is 18.4 Å². The fraction of sp³-hybridized carbons (Fsp3) is 0.400. The Morgan fingerprint density at radius 2 is 2.00 bits per heavy atom. The van der Waals surface area contributed by atoms with E-state index in [4.69, 9.17) is 16.3 Å². The molecule has 1 aromatic carbocycles. The molecule has 2 aromatic rings. The molecule has 0 bridgehead atoms. The van der Waals surface area contributed by atoms with Gasteiger partial charge in [0, 0.05) is 18.0 Å². The van der Waals surface area contributed by atoms with Gasteiger partial charge in [-0.25, -0.2) is 13.2 Å². The summed E-state index contributed by atoms with van der Waals surface area (Å²) in [5.74, 6) is -1.49. The number of benzene rings is 1. The first-order chi connectivity index (χ1) is 15.7. The fourth-order valence-electron chi connectivity index (χ4n) is 3.52. The maximum absolute atomic E-state index is 13.3. The van der Waals surface area contributed by atoms with Crippen molar-refractivity contribution >= 4 is 55.5 Å². The monoisotopic (exact) mass is 539 g/mol. The molecule has 0 saturated carbocycles. The average Bonchev–Trinajstić information content (AvgIpc) is 3.07. The molecule has 34 heavy (non-hydrogen) atoms. The number of alkyl halides is 3. The van der Waals surface area contributed by atoms with Crippen molar-refractivity contribution in [2.45, 2.75) is 19.1 Å². The van der Waals surface area contributed by atoms with Crippen LogP contribution in [0, 0.1) is 0 Å². The van der Waals surface area contributed by atoms with Crippen molar-refractivity contribution in [1.29, 1.82) is 0 Å². The van der Waals surface area contributed by atoms with Crippen LogP contribution in [0.25, 0.3) is 0 Å². The van der Waals surface area contributed by atoms with Gasteiger partial charge in [-0.3, -0.25) is 9.10 Å². The van der Waals surface area contributed by atoms with Crippen molar-refractivity contribution in [3.63, 3.8) is 0 Å². The molecule has 0 aliphatic carbocycles. The number of esters is 1. The number of hydrogen-bond donors (Lipinski definition) is 1. The van der Waals surface area contributed by atoms with Gasteiger partial charge >= 0.3 is 12.1 Å². The molecule has 0 fully saturated rings. The Bertz CT molecular complexity index is 1230. The molecular formula is C20H21ClF3N3O5S2. The Morgan fingerprint density at radius 1 is 1.32 bits per heavy atom. The Hall–Kier alpha value is -2.35. The first-order valence-corrected chi connectivity index (χ1v) is 12.8. The number of nitrogens with one attached hydrogen (secondary N) is 1. The quantitative estimate of drug-likeness (QED) is 0.564. The van der Waals surface area contributed by atoms with Crippen LogP contribution in [-0.4, -0.2) is 58.7 Å². The summed E-state index contributed by atoms with van der Waals surface area (Å²) < 4.78 is 69.8. The lowest BCUT2D eigenvalue weighted by molar-refractivity contribution is -0.137. The second kappa shape index (κ2) is 9.72. The first-order valence-electron chi connectivity index (χ1n) is 9.78. The lowest BCUT2D eigenvalue weighted by Gasteiger charge is -2.23. The standard InChI is InChI=1S/C20H21ClF3N3O5S2/c1-26-7-6-12-15(9-26)33-18(17(12)19(29)32-2)25-16(28)10-27(34(3,30)31)11-4-5-14(21)13(8-11)20(22,23)24/h4-5,8H,6-7,9-10H2,1-3H3,(H,25,28). The van der Waals surface area contributed by atoms with E-state index >= 15 is 0 Å². The molecular weight excluding hydrogens is 519 g/mol. The summed E-state index contributed by atoms with van der Waals surface area (Å²) in [6.45, 7) is 0.433. The van der Waals surface area contributed by atoms with Crippen molar-refractivity contribution < 1.29 is 35.9 Å². The van der Waals surface area contributed by atoms with Crippen LogP contribution in [-0.2, 0) is 38.7 Å². The Labute approximate surface area is 203 Å². The molecule has 1 aliphatic rings. The number of carbonyl (C=O) groups excluding carboxylic acids is 2. The molecule has 2 heterocycles. The highest BCUT2D eigenvalue weighted by Gasteiger charge is 2.35. The van der Waals surface area contributed by atoms with Gasteiger partial charge in [-0.1, -0.05) is 11.6 Å². The van der Waals surface area contributed by atoms with Crippen LogP contribution in [0.3, 0.4) is 0 Å². The van der Waals surface area contributed by atoms with Crippen molar-refractivity contribution in [1.82, 2.24) is 4.90 Å². The zero-order valence-corrected chi connectivity index (χ0v) is 20.7. The maximum atomic E-state index is 13.3. The number of fused-ring (bicyclic) bond motifs is 1. The number of amides is 1. The number of ether oxygens (including phenoxy) is 1. The van der Waals surface area contributed by atoms with Gasteiger partial charge in [0.15, 0.2) is 0 Å². The predicted molar refractivity (Wildman–Crippen MR) is 123 cm³/mol.